The van der Waals surface area contributed by atoms with E-state index in [0.29, 0.717) is 0 Å². The number of aromatic nitrogens is 2. The van der Waals surface area contributed by atoms with E-state index >= 15 is 0 Å². The van der Waals surface area contributed by atoms with Crippen molar-refractivity contribution in [1.29, 1.82) is 5.26 Å². The number of unbranched alkanes of at least 4 members (excludes halogenated alkanes) is 1. The average Bonchev–Trinajstić information content (AvgIpc) is 2.69. The Kier molecular flexibility index (Phi) is 5.17. The average molecular weight is 234 g/mol. The van der Waals surface area contributed by atoms with Crippen LogP contribution in [0, 0.1) is 16.7 Å². The molecule has 0 aliphatic rings. The molecule has 0 saturated heterocycles. The molecule has 0 bridgehead atoms. The number of hydrogen-bond acceptors (Lipinski definition) is 3. The fraction of sp³-hybridized carbons (Fsp3) is 0.692. The van der Waals surface area contributed by atoms with Crippen molar-refractivity contribution in [3.8, 4) is 6.07 Å². The minimum absolute atomic E-state index is 0.181. The Balaban J connectivity index is 2.06. The van der Waals surface area contributed by atoms with Gasteiger partial charge in [0.05, 0.1) is 18.0 Å². The summed E-state index contributed by atoms with van der Waals surface area (Å²) in [6.45, 7) is 5.78. The third kappa shape index (κ3) is 5.01. The number of aryl methyl sites for hydroxylation is 1. The maximum absolute atomic E-state index is 8.88. The van der Waals surface area contributed by atoms with Gasteiger partial charge in [-0.25, -0.2) is 4.98 Å². The van der Waals surface area contributed by atoms with Crippen molar-refractivity contribution in [2.24, 2.45) is 12.5 Å². The molecule has 4 nitrogen and oxygen atoms in total. The van der Waals surface area contributed by atoms with E-state index in [1.165, 1.54) is 0 Å². The number of rotatable bonds is 7. The largest absolute Gasteiger partial charge is 0.337 e. The smallest absolute Gasteiger partial charge is 0.122 e. The molecular weight excluding hydrogens is 212 g/mol. The molecule has 0 aliphatic carbocycles. The highest BCUT2D eigenvalue weighted by molar-refractivity contribution is 4.91. The number of nitriles is 1. The maximum atomic E-state index is 8.88. The van der Waals surface area contributed by atoms with E-state index in [4.69, 9.17) is 5.26 Å². The van der Waals surface area contributed by atoms with Crippen molar-refractivity contribution >= 4 is 0 Å². The van der Waals surface area contributed by atoms with E-state index in [2.05, 4.69) is 16.4 Å². The number of nitrogens with one attached hydrogen (secondary N) is 1. The number of nitrogens with zero attached hydrogens (tertiary/aromatic N) is 3. The third-order valence-electron chi connectivity index (χ3n) is 2.91. The summed E-state index contributed by atoms with van der Waals surface area (Å²) in [5, 5.41) is 12.2. The first-order chi connectivity index (χ1) is 8.05. The fourth-order valence-electron chi connectivity index (χ4n) is 1.64. The number of imidazole rings is 1. The van der Waals surface area contributed by atoms with Gasteiger partial charge in [-0.3, -0.25) is 0 Å². The molecule has 0 fully saturated rings. The summed E-state index contributed by atoms with van der Waals surface area (Å²) in [5.41, 5.74) is -0.181. The minimum atomic E-state index is -0.181. The van der Waals surface area contributed by atoms with E-state index in [9.17, 15) is 0 Å². The molecule has 1 aromatic rings. The van der Waals surface area contributed by atoms with Gasteiger partial charge in [0, 0.05) is 19.4 Å². The van der Waals surface area contributed by atoms with Gasteiger partial charge in [0.15, 0.2) is 0 Å². The predicted octanol–water partition coefficient (Wildman–Crippen LogP) is 2.23. The second-order valence-electron chi connectivity index (χ2n) is 5.08. The third-order valence-corrected chi connectivity index (χ3v) is 2.91. The topological polar surface area (TPSA) is 53.6 Å². The lowest BCUT2D eigenvalue weighted by Crippen LogP contribution is -2.18. The lowest BCUT2D eigenvalue weighted by Gasteiger charge is -2.14. The van der Waals surface area contributed by atoms with Crippen LogP contribution < -0.4 is 5.32 Å². The monoisotopic (exact) mass is 234 g/mol. The van der Waals surface area contributed by atoms with Gasteiger partial charge in [-0.2, -0.15) is 5.26 Å². The first-order valence-corrected chi connectivity index (χ1v) is 6.13. The van der Waals surface area contributed by atoms with Crippen LogP contribution in [-0.4, -0.2) is 16.1 Å². The molecule has 0 atom stereocenters. The molecule has 1 heterocycles. The highest BCUT2D eigenvalue weighted by atomic mass is 15.1. The molecule has 1 N–H and O–H groups in total. The van der Waals surface area contributed by atoms with Crippen LogP contribution >= 0.6 is 0 Å². The molecular formula is C13H22N4. The van der Waals surface area contributed by atoms with Crippen LogP contribution in [-0.2, 0) is 13.6 Å². The van der Waals surface area contributed by atoms with Crippen LogP contribution in [0.1, 0.15) is 38.9 Å². The quantitative estimate of drug-likeness (QED) is 0.736. The minimum Gasteiger partial charge on any atom is -0.337 e. The molecule has 0 spiro atoms. The van der Waals surface area contributed by atoms with Gasteiger partial charge in [-0.15, -0.1) is 0 Å². The van der Waals surface area contributed by atoms with Crippen molar-refractivity contribution in [3.05, 3.63) is 18.2 Å². The number of hydrogen-bond donors (Lipinski definition) is 1. The summed E-state index contributed by atoms with van der Waals surface area (Å²) >= 11 is 0. The van der Waals surface area contributed by atoms with Crippen LogP contribution in [0.15, 0.2) is 12.4 Å². The highest BCUT2D eigenvalue weighted by Crippen LogP contribution is 2.21. The first-order valence-electron chi connectivity index (χ1n) is 6.13. The molecule has 0 radical (unpaired) electrons. The molecule has 0 amide bonds. The van der Waals surface area contributed by atoms with Crippen molar-refractivity contribution in [2.45, 2.75) is 39.7 Å². The molecule has 0 unspecified atom stereocenters. The summed E-state index contributed by atoms with van der Waals surface area (Å²) in [5.74, 6) is 1.06. The molecule has 1 rings (SSSR count). The molecule has 94 valence electrons. The van der Waals surface area contributed by atoms with Crippen LogP contribution in [0.5, 0.6) is 0 Å². The van der Waals surface area contributed by atoms with Crippen molar-refractivity contribution in [2.75, 3.05) is 6.54 Å². The second-order valence-corrected chi connectivity index (χ2v) is 5.08. The summed E-state index contributed by atoms with van der Waals surface area (Å²) in [4.78, 5) is 4.24. The zero-order valence-electron chi connectivity index (χ0n) is 11.0. The fourth-order valence-corrected chi connectivity index (χ4v) is 1.64. The lowest BCUT2D eigenvalue weighted by atomic mass is 9.89. The van der Waals surface area contributed by atoms with Crippen molar-refractivity contribution in [1.82, 2.24) is 14.9 Å². The van der Waals surface area contributed by atoms with Gasteiger partial charge in [0.25, 0.3) is 0 Å². The Morgan fingerprint density at radius 1 is 1.47 bits per heavy atom. The van der Waals surface area contributed by atoms with E-state index in [-0.39, 0.29) is 5.41 Å². The lowest BCUT2D eigenvalue weighted by molar-refractivity contribution is 0.421. The van der Waals surface area contributed by atoms with Crippen molar-refractivity contribution < 1.29 is 0 Å². The van der Waals surface area contributed by atoms with E-state index in [1.54, 1.807) is 0 Å². The zero-order valence-corrected chi connectivity index (χ0v) is 11.0. The first kappa shape index (κ1) is 13.7. The zero-order chi connectivity index (χ0) is 12.7. The molecule has 17 heavy (non-hydrogen) atoms. The van der Waals surface area contributed by atoms with E-state index < -0.39 is 0 Å². The van der Waals surface area contributed by atoms with Gasteiger partial charge in [-0.1, -0.05) is 6.42 Å². The molecule has 0 aromatic carbocycles. The predicted molar refractivity (Wildman–Crippen MR) is 68.2 cm³/mol. The second kappa shape index (κ2) is 6.41. The summed E-state index contributed by atoms with van der Waals surface area (Å²) < 4.78 is 2.02. The Morgan fingerprint density at radius 3 is 2.82 bits per heavy atom. The Morgan fingerprint density at radius 2 is 2.24 bits per heavy atom. The van der Waals surface area contributed by atoms with E-state index in [1.807, 2.05) is 37.9 Å². The summed E-state index contributed by atoms with van der Waals surface area (Å²) in [7, 11) is 2.00. The van der Waals surface area contributed by atoms with Crippen molar-refractivity contribution in [3.63, 3.8) is 0 Å². The normalized spacial score (nSPS) is 11.4. The summed E-state index contributed by atoms with van der Waals surface area (Å²) in [6, 6.07) is 2.33. The van der Waals surface area contributed by atoms with Crippen LogP contribution in [0.3, 0.4) is 0 Å². The van der Waals surface area contributed by atoms with Gasteiger partial charge in [0.1, 0.15) is 5.82 Å². The Labute approximate surface area is 104 Å². The Hall–Kier alpha value is -1.34. The maximum Gasteiger partial charge on any atom is 0.122 e. The van der Waals surface area contributed by atoms with E-state index in [0.717, 1.165) is 38.2 Å². The van der Waals surface area contributed by atoms with Crippen LogP contribution in [0.2, 0.25) is 0 Å². The Bertz CT molecular complexity index is 373. The molecule has 4 heteroatoms. The molecule has 0 saturated carbocycles. The van der Waals surface area contributed by atoms with Gasteiger partial charge in [-0.05, 0) is 33.2 Å². The van der Waals surface area contributed by atoms with Gasteiger partial charge < -0.3 is 9.88 Å². The molecule has 1 aromatic heterocycles. The standard InChI is InChI=1S/C13H22N4/c1-13(2,11-14)6-4-5-7-15-10-12-16-8-9-17(12)3/h8-9,15H,4-7,10H2,1-3H3. The van der Waals surface area contributed by atoms with Crippen LogP contribution in [0.25, 0.3) is 0 Å². The van der Waals surface area contributed by atoms with Gasteiger partial charge in [0.2, 0.25) is 0 Å². The van der Waals surface area contributed by atoms with Crippen LogP contribution in [0.4, 0.5) is 0 Å². The summed E-state index contributed by atoms with van der Waals surface area (Å²) in [6.07, 6.45) is 6.93. The highest BCUT2D eigenvalue weighted by Gasteiger charge is 2.15. The van der Waals surface area contributed by atoms with Gasteiger partial charge >= 0.3 is 0 Å². The molecule has 0 aliphatic heterocycles. The SMILES string of the molecule is Cn1ccnc1CNCCCCC(C)(C)C#N.